The number of hydrogen-bond donors (Lipinski definition) is 1. The molecule has 2 fully saturated rings. The second kappa shape index (κ2) is 11.2. The average molecular weight is 513 g/mol. The fraction of sp³-hybridized carbons (Fsp3) is 0.346. The zero-order valence-electron chi connectivity index (χ0n) is 20.0. The molecule has 2 heterocycles. The van der Waals surface area contributed by atoms with Gasteiger partial charge < -0.3 is 19.5 Å². The van der Waals surface area contributed by atoms with Gasteiger partial charge in [-0.15, -0.1) is 0 Å². The van der Waals surface area contributed by atoms with Crippen molar-refractivity contribution in [2.24, 2.45) is 0 Å². The van der Waals surface area contributed by atoms with Gasteiger partial charge in [0.1, 0.15) is 4.32 Å². The molecule has 2 amide bonds. The molecule has 1 N–H and O–H groups in total. The molecular weight excluding hydrogens is 484 g/mol. The molecule has 2 aliphatic heterocycles. The smallest absolute Gasteiger partial charge is 0.266 e. The van der Waals surface area contributed by atoms with Crippen molar-refractivity contribution in [3.63, 3.8) is 0 Å². The van der Waals surface area contributed by atoms with Crippen molar-refractivity contribution >= 4 is 51.9 Å². The van der Waals surface area contributed by atoms with Gasteiger partial charge in [-0.3, -0.25) is 14.5 Å². The molecule has 1 atom stereocenters. The topological polar surface area (TPSA) is 77.1 Å². The summed E-state index contributed by atoms with van der Waals surface area (Å²) >= 11 is 6.71. The monoisotopic (exact) mass is 512 g/mol. The van der Waals surface area contributed by atoms with Gasteiger partial charge >= 0.3 is 0 Å². The third-order valence-corrected chi connectivity index (χ3v) is 7.17. The van der Waals surface area contributed by atoms with E-state index < -0.39 is 0 Å². The number of methoxy groups -OCH3 is 1. The Morgan fingerprint density at radius 3 is 2.83 bits per heavy atom. The first-order valence-electron chi connectivity index (χ1n) is 11.4. The highest BCUT2D eigenvalue weighted by Gasteiger charge is 2.34. The Morgan fingerprint density at radius 1 is 1.26 bits per heavy atom. The second-order valence-electron chi connectivity index (χ2n) is 8.49. The van der Waals surface area contributed by atoms with E-state index in [0.717, 1.165) is 41.8 Å². The minimum absolute atomic E-state index is 0.0420. The number of benzene rings is 2. The molecule has 0 aromatic heterocycles. The van der Waals surface area contributed by atoms with E-state index in [2.05, 4.69) is 5.32 Å². The molecule has 4 rings (SSSR count). The number of nitrogens with zero attached hydrogens (tertiary/aromatic N) is 1. The number of anilines is 1. The van der Waals surface area contributed by atoms with Crippen LogP contribution in [-0.2, 0) is 14.3 Å². The Balaban J connectivity index is 1.40. The number of carbonyl (C=O) groups is 2. The summed E-state index contributed by atoms with van der Waals surface area (Å²) in [7, 11) is 1.53. The van der Waals surface area contributed by atoms with Gasteiger partial charge in [0, 0.05) is 12.3 Å². The number of aryl methyl sites for hydroxylation is 2. The van der Waals surface area contributed by atoms with Crippen molar-refractivity contribution in [3.05, 3.63) is 58.0 Å². The quantitative estimate of drug-likeness (QED) is 0.405. The SMILES string of the molecule is COc1cc(/C=C2\SC(=S)N(C[C@@H]3CCCO3)C2=O)ccc1OCC(=O)Nc1cc(C)ccc1C. The molecule has 0 spiro atoms. The maximum Gasteiger partial charge on any atom is 0.266 e. The predicted molar refractivity (Wildman–Crippen MR) is 142 cm³/mol. The number of nitrogens with one attached hydrogen (secondary N) is 1. The average Bonchev–Trinajstić information content (AvgIpc) is 3.44. The van der Waals surface area contributed by atoms with Crippen molar-refractivity contribution < 1.29 is 23.8 Å². The van der Waals surface area contributed by atoms with Crippen molar-refractivity contribution in [3.8, 4) is 11.5 Å². The van der Waals surface area contributed by atoms with E-state index >= 15 is 0 Å². The first-order chi connectivity index (χ1) is 16.8. The van der Waals surface area contributed by atoms with Gasteiger partial charge in [0.25, 0.3) is 11.8 Å². The van der Waals surface area contributed by atoms with Gasteiger partial charge in [-0.05, 0) is 67.7 Å². The largest absolute Gasteiger partial charge is 0.493 e. The maximum atomic E-state index is 12.9. The number of hydrogen-bond acceptors (Lipinski definition) is 7. The van der Waals surface area contributed by atoms with Crippen molar-refractivity contribution in [2.45, 2.75) is 32.8 Å². The van der Waals surface area contributed by atoms with E-state index in [4.69, 9.17) is 26.4 Å². The van der Waals surface area contributed by atoms with Crippen LogP contribution in [0, 0.1) is 13.8 Å². The summed E-state index contributed by atoms with van der Waals surface area (Å²) in [6.07, 6.45) is 3.78. The third kappa shape index (κ3) is 6.22. The lowest BCUT2D eigenvalue weighted by Crippen LogP contribution is -2.35. The highest BCUT2D eigenvalue weighted by Crippen LogP contribution is 2.35. The molecule has 2 aromatic rings. The van der Waals surface area contributed by atoms with Crippen LogP contribution in [0.1, 0.15) is 29.5 Å². The molecule has 2 aliphatic rings. The van der Waals surface area contributed by atoms with Crippen LogP contribution >= 0.6 is 24.0 Å². The number of thioether (sulfide) groups is 1. The molecule has 0 aliphatic carbocycles. The zero-order valence-corrected chi connectivity index (χ0v) is 21.6. The maximum absolute atomic E-state index is 12.9. The van der Waals surface area contributed by atoms with E-state index in [-0.39, 0.29) is 24.5 Å². The molecular formula is C26H28N2O5S2. The Kier molecular flexibility index (Phi) is 8.10. The fourth-order valence-corrected chi connectivity index (χ4v) is 5.17. The second-order valence-corrected chi connectivity index (χ2v) is 10.2. The van der Waals surface area contributed by atoms with Crippen LogP contribution in [0.4, 0.5) is 5.69 Å². The van der Waals surface area contributed by atoms with E-state index in [9.17, 15) is 9.59 Å². The fourth-order valence-electron chi connectivity index (χ4n) is 3.89. The van der Waals surface area contributed by atoms with Gasteiger partial charge in [0.05, 0.1) is 24.7 Å². The summed E-state index contributed by atoms with van der Waals surface area (Å²) in [4.78, 5) is 27.5. The minimum atomic E-state index is -0.264. The lowest BCUT2D eigenvalue weighted by Gasteiger charge is -2.18. The molecule has 35 heavy (non-hydrogen) atoms. The molecule has 184 valence electrons. The molecule has 9 heteroatoms. The van der Waals surface area contributed by atoms with Gasteiger partial charge in [-0.1, -0.05) is 42.2 Å². The Morgan fingerprint density at radius 2 is 2.09 bits per heavy atom. The summed E-state index contributed by atoms with van der Waals surface area (Å²) in [5.41, 5.74) is 3.57. The van der Waals surface area contributed by atoms with Crippen LogP contribution in [0.3, 0.4) is 0 Å². The van der Waals surface area contributed by atoms with Gasteiger partial charge in [-0.25, -0.2) is 0 Å². The van der Waals surface area contributed by atoms with E-state index in [1.165, 1.54) is 18.9 Å². The minimum Gasteiger partial charge on any atom is -0.493 e. The highest BCUT2D eigenvalue weighted by molar-refractivity contribution is 8.26. The van der Waals surface area contributed by atoms with Gasteiger partial charge in [-0.2, -0.15) is 0 Å². The number of carbonyl (C=O) groups excluding carboxylic acids is 2. The number of amides is 2. The van der Waals surface area contributed by atoms with Gasteiger partial charge in [0.2, 0.25) is 0 Å². The molecule has 2 aromatic carbocycles. The standard InChI is InChI=1S/C26H28N2O5S2/c1-16-6-7-17(2)20(11-16)27-24(29)15-33-21-9-8-18(12-22(21)31-3)13-23-25(30)28(26(34)35-23)14-19-5-4-10-32-19/h6-9,11-13,19H,4-5,10,14-15H2,1-3H3,(H,27,29)/b23-13-/t19-/m0/s1. The number of ether oxygens (including phenoxy) is 3. The Hall–Kier alpha value is -2.88. The number of rotatable bonds is 8. The van der Waals surface area contributed by atoms with Gasteiger partial charge in [0.15, 0.2) is 18.1 Å². The molecule has 2 saturated heterocycles. The van der Waals surface area contributed by atoms with Crippen LogP contribution in [0.25, 0.3) is 6.08 Å². The lowest BCUT2D eigenvalue weighted by atomic mass is 10.1. The third-order valence-electron chi connectivity index (χ3n) is 5.80. The van der Waals surface area contributed by atoms with Crippen molar-refractivity contribution in [1.29, 1.82) is 0 Å². The van der Waals surface area contributed by atoms with Crippen LogP contribution < -0.4 is 14.8 Å². The summed E-state index contributed by atoms with van der Waals surface area (Å²) in [6.45, 7) is 4.97. The number of thiocarbonyl (C=S) groups is 1. The summed E-state index contributed by atoms with van der Waals surface area (Å²) < 4.78 is 17.4. The normalized spacial score (nSPS) is 18.9. The van der Waals surface area contributed by atoms with Crippen LogP contribution in [0.5, 0.6) is 11.5 Å². The molecule has 0 unspecified atom stereocenters. The molecule has 0 bridgehead atoms. The molecule has 7 nitrogen and oxygen atoms in total. The predicted octanol–water partition coefficient (Wildman–Crippen LogP) is 4.71. The van der Waals surface area contributed by atoms with E-state index in [0.29, 0.717) is 27.3 Å². The zero-order chi connectivity index (χ0) is 24.9. The molecule has 0 radical (unpaired) electrons. The van der Waals surface area contributed by atoms with Crippen molar-refractivity contribution in [2.75, 3.05) is 32.2 Å². The first kappa shape index (κ1) is 25.2. The van der Waals surface area contributed by atoms with Crippen LogP contribution in [0.15, 0.2) is 41.3 Å². The Bertz CT molecular complexity index is 1170. The van der Waals surface area contributed by atoms with E-state index in [1.54, 1.807) is 23.1 Å². The first-order valence-corrected chi connectivity index (χ1v) is 12.6. The molecule has 0 saturated carbocycles. The Labute approximate surface area is 214 Å². The summed E-state index contributed by atoms with van der Waals surface area (Å²) in [6, 6.07) is 11.2. The van der Waals surface area contributed by atoms with E-state index in [1.807, 2.05) is 38.1 Å². The lowest BCUT2D eigenvalue weighted by molar-refractivity contribution is -0.123. The highest BCUT2D eigenvalue weighted by atomic mass is 32.2. The van der Waals surface area contributed by atoms with Crippen LogP contribution in [0.2, 0.25) is 0 Å². The van der Waals surface area contributed by atoms with Crippen molar-refractivity contribution in [1.82, 2.24) is 4.90 Å². The summed E-state index contributed by atoms with van der Waals surface area (Å²) in [5.74, 6) is 0.525. The summed E-state index contributed by atoms with van der Waals surface area (Å²) in [5, 5.41) is 2.88. The van der Waals surface area contributed by atoms with Crippen LogP contribution in [-0.4, -0.2) is 54.0 Å².